The minimum Gasteiger partial charge on any atom is -1.00 e. The van der Waals surface area contributed by atoms with Gasteiger partial charge < -0.3 is 17.1 Å². The number of terminal acetylenes is 1. The predicted molar refractivity (Wildman–Crippen MR) is 50.5 cm³/mol. The first kappa shape index (κ1) is 13.5. The van der Waals surface area contributed by atoms with Crippen LogP contribution in [0.5, 0.6) is 5.75 Å². The van der Waals surface area contributed by atoms with E-state index in [0.717, 1.165) is 12.1 Å². The second-order valence-corrected chi connectivity index (χ2v) is 2.73. The Bertz CT molecular complexity index is 437. The van der Waals surface area contributed by atoms with E-state index in [-0.39, 0.29) is 35.5 Å². The Morgan fingerprint density at radius 1 is 1.60 bits per heavy atom. The minimum atomic E-state index is -0.731. The van der Waals surface area contributed by atoms with Gasteiger partial charge in [0.2, 0.25) is 11.2 Å². The SMILES string of the molecule is C#CCOc1cc([N+]#N)c(F)cc1Cl.[Cl-]. The molecule has 0 bridgehead atoms. The van der Waals surface area contributed by atoms with Crippen LogP contribution < -0.4 is 17.1 Å². The second-order valence-electron chi connectivity index (χ2n) is 2.33. The third kappa shape index (κ3) is 3.28. The molecule has 1 rings (SSSR count). The number of benzene rings is 1. The highest BCUT2D eigenvalue weighted by Crippen LogP contribution is 2.31. The summed E-state index contributed by atoms with van der Waals surface area (Å²) < 4.78 is 17.9. The van der Waals surface area contributed by atoms with Crippen LogP contribution in [0.2, 0.25) is 5.02 Å². The number of hydrogen-bond donors (Lipinski definition) is 0. The number of diazo groups is 1. The topological polar surface area (TPSA) is 37.4 Å². The summed E-state index contributed by atoms with van der Waals surface area (Å²) in [4.78, 5) is 2.71. The molecule has 0 amide bonds. The molecule has 78 valence electrons. The van der Waals surface area contributed by atoms with E-state index < -0.39 is 5.82 Å². The van der Waals surface area contributed by atoms with Gasteiger partial charge in [-0.3, -0.25) is 0 Å². The van der Waals surface area contributed by atoms with Gasteiger partial charge in [0, 0.05) is 6.07 Å². The van der Waals surface area contributed by atoms with Crippen molar-refractivity contribution >= 4 is 17.3 Å². The summed E-state index contributed by atoms with van der Waals surface area (Å²) in [6, 6.07) is 2.15. The Labute approximate surface area is 97.2 Å². The van der Waals surface area contributed by atoms with Crippen LogP contribution in [0.15, 0.2) is 12.1 Å². The first-order valence-electron chi connectivity index (χ1n) is 3.59. The molecule has 1 aromatic rings. The van der Waals surface area contributed by atoms with Crippen molar-refractivity contribution in [3.05, 3.63) is 27.9 Å². The van der Waals surface area contributed by atoms with Crippen LogP contribution in [-0.2, 0) is 0 Å². The molecule has 15 heavy (non-hydrogen) atoms. The van der Waals surface area contributed by atoms with E-state index in [1.807, 2.05) is 0 Å². The standard InChI is InChI=1S/C9H5ClFN2O.ClH/c1-2-3-14-9-5-8(13-12)7(11)4-6(9)10;/h1,4-5H,3H2;1H/q+1;/p-1. The van der Waals surface area contributed by atoms with Gasteiger partial charge in [0.05, 0.1) is 11.1 Å². The molecule has 0 saturated heterocycles. The Morgan fingerprint density at radius 2 is 2.27 bits per heavy atom. The van der Waals surface area contributed by atoms with Crippen molar-refractivity contribution in [3.63, 3.8) is 0 Å². The molecule has 0 unspecified atom stereocenters. The van der Waals surface area contributed by atoms with E-state index in [0.29, 0.717) is 0 Å². The van der Waals surface area contributed by atoms with Gasteiger partial charge in [-0.05, 0) is 0 Å². The van der Waals surface area contributed by atoms with Gasteiger partial charge >= 0.3 is 5.69 Å². The number of hydrogen-bond acceptors (Lipinski definition) is 2. The average molecular weight is 247 g/mol. The predicted octanol–water partition coefficient (Wildman–Crippen LogP) is -0.0203. The lowest BCUT2D eigenvalue weighted by Gasteiger charge is -2.02. The van der Waals surface area contributed by atoms with Gasteiger partial charge in [0.25, 0.3) is 0 Å². The molecule has 0 saturated carbocycles. The Balaban J connectivity index is 0.00000196. The summed E-state index contributed by atoms with van der Waals surface area (Å²) in [5, 5.41) is 8.48. The molecule has 0 aliphatic carbocycles. The number of halogens is 3. The quantitative estimate of drug-likeness (QED) is 0.544. The van der Waals surface area contributed by atoms with Crippen LogP contribution in [0.3, 0.4) is 0 Å². The van der Waals surface area contributed by atoms with E-state index in [4.69, 9.17) is 28.2 Å². The Hall–Kier alpha value is -1.49. The lowest BCUT2D eigenvalue weighted by molar-refractivity contribution is -0.00000392. The zero-order valence-corrected chi connectivity index (χ0v) is 8.89. The highest BCUT2D eigenvalue weighted by Gasteiger charge is 2.18. The van der Waals surface area contributed by atoms with Crippen LogP contribution >= 0.6 is 11.6 Å². The molecule has 0 N–H and O–H groups in total. The summed E-state index contributed by atoms with van der Waals surface area (Å²) in [5.74, 6) is 1.68. The first-order valence-corrected chi connectivity index (χ1v) is 3.97. The highest BCUT2D eigenvalue weighted by atomic mass is 35.5. The van der Waals surface area contributed by atoms with Crippen LogP contribution in [0.25, 0.3) is 4.98 Å². The largest absolute Gasteiger partial charge is 1.00 e. The summed E-state index contributed by atoms with van der Waals surface area (Å²) in [7, 11) is 0. The molecule has 0 aromatic heterocycles. The third-order valence-corrected chi connectivity index (χ3v) is 1.72. The molecular formula is C9H5Cl2FN2O. The third-order valence-electron chi connectivity index (χ3n) is 1.42. The number of ether oxygens (including phenoxy) is 1. The molecule has 6 heteroatoms. The monoisotopic (exact) mass is 246 g/mol. The van der Waals surface area contributed by atoms with Crippen molar-refractivity contribution in [1.29, 1.82) is 5.39 Å². The van der Waals surface area contributed by atoms with Gasteiger partial charge in [-0.1, -0.05) is 17.5 Å². The Morgan fingerprint density at radius 3 is 2.80 bits per heavy atom. The van der Waals surface area contributed by atoms with Crippen molar-refractivity contribution in [3.8, 4) is 18.1 Å². The van der Waals surface area contributed by atoms with Crippen molar-refractivity contribution in [2.45, 2.75) is 0 Å². The van der Waals surface area contributed by atoms with Gasteiger partial charge in [-0.2, -0.15) is 4.39 Å². The van der Waals surface area contributed by atoms with E-state index in [1.54, 1.807) is 0 Å². The fourth-order valence-corrected chi connectivity index (χ4v) is 1.03. The summed E-state index contributed by atoms with van der Waals surface area (Å²) in [6.45, 7) is 0.0101. The van der Waals surface area contributed by atoms with Crippen LogP contribution in [-0.4, -0.2) is 6.61 Å². The van der Waals surface area contributed by atoms with Crippen molar-refractivity contribution in [2.24, 2.45) is 0 Å². The Kier molecular flexibility index (Phi) is 5.48. The van der Waals surface area contributed by atoms with E-state index in [2.05, 4.69) is 10.9 Å². The fourth-order valence-electron chi connectivity index (χ4n) is 0.825. The fraction of sp³-hybridized carbons (Fsp3) is 0.111. The molecule has 1 aromatic carbocycles. The molecule has 0 spiro atoms. The van der Waals surface area contributed by atoms with Crippen molar-refractivity contribution in [2.75, 3.05) is 6.61 Å². The van der Waals surface area contributed by atoms with E-state index >= 15 is 0 Å². The van der Waals surface area contributed by atoms with Crippen molar-refractivity contribution in [1.82, 2.24) is 0 Å². The van der Waals surface area contributed by atoms with Crippen LogP contribution in [0.4, 0.5) is 10.1 Å². The van der Waals surface area contributed by atoms with E-state index in [9.17, 15) is 4.39 Å². The second kappa shape index (κ2) is 6.08. The maximum absolute atomic E-state index is 12.9. The number of nitrogens with zero attached hydrogens (tertiary/aromatic N) is 2. The number of rotatable bonds is 2. The summed E-state index contributed by atoms with van der Waals surface area (Å²) in [6.07, 6.45) is 4.96. The normalized spacial score (nSPS) is 8.27. The molecule has 3 nitrogen and oxygen atoms in total. The average Bonchev–Trinajstić information content (AvgIpc) is 2.17. The van der Waals surface area contributed by atoms with Crippen molar-refractivity contribution < 1.29 is 21.5 Å². The van der Waals surface area contributed by atoms with E-state index in [1.165, 1.54) is 0 Å². The lowest BCUT2D eigenvalue weighted by atomic mass is 10.3. The summed E-state index contributed by atoms with van der Waals surface area (Å²) in [5.41, 5.74) is -0.249. The molecule has 0 fully saturated rings. The molecule has 0 aliphatic rings. The van der Waals surface area contributed by atoms with Gasteiger partial charge in [-0.15, -0.1) is 6.42 Å². The van der Waals surface area contributed by atoms with Gasteiger partial charge in [0.15, 0.2) is 4.98 Å². The maximum atomic E-state index is 12.9. The maximum Gasteiger partial charge on any atom is 0.424 e. The highest BCUT2D eigenvalue weighted by molar-refractivity contribution is 6.32. The van der Waals surface area contributed by atoms with Crippen LogP contribution in [0.1, 0.15) is 0 Å². The van der Waals surface area contributed by atoms with Crippen LogP contribution in [0, 0.1) is 23.6 Å². The molecule has 0 atom stereocenters. The minimum absolute atomic E-state index is 0. The molecule has 0 heterocycles. The molecular weight excluding hydrogens is 242 g/mol. The lowest BCUT2D eigenvalue weighted by Crippen LogP contribution is -3.00. The van der Waals surface area contributed by atoms with Gasteiger partial charge in [-0.25, -0.2) is 0 Å². The first-order chi connectivity index (χ1) is 6.69. The smallest absolute Gasteiger partial charge is 0.424 e. The zero-order valence-electron chi connectivity index (χ0n) is 7.38. The molecule has 0 aliphatic heterocycles. The van der Waals surface area contributed by atoms with Gasteiger partial charge in [0.1, 0.15) is 12.4 Å². The zero-order chi connectivity index (χ0) is 10.6. The molecule has 0 radical (unpaired) electrons. The summed E-state index contributed by atoms with van der Waals surface area (Å²) >= 11 is 5.64.